The molecule has 4 nitrogen and oxygen atoms in total. The molecule has 3 aromatic rings. The number of benzene rings is 3. The van der Waals surface area contributed by atoms with Gasteiger partial charge in [0.2, 0.25) is 0 Å². The Kier molecular flexibility index (Phi) is 7.96. The molecule has 0 aromatic heterocycles. The summed E-state index contributed by atoms with van der Waals surface area (Å²) >= 11 is 0. The van der Waals surface area contributed by atoms with Gasteiger partial charge in [-0.25, -0.2) is 0 Å². The van der Waals surface area contributed by atoms with Gasteiger partial charge in [0.05, 0.1) is 23.3 Å². The molecule has 0 aliphatic carbocycles. The number of rotatable bonds is 9. The summed E-state index contributed by atoms with van der Waals surface area (Å²) in [7, 11) is 0. The topological polar surface area (TPSA) is 62.9 Å². The fraction of sp³-hybridized carbons (Fsp3) is 0.259. The minimum Gasteiger partial charge on any atom is -0.311 e. The van der Waals surface area contributed by atoms with Gasteiger partial charge in [-0.1, -0.05) is 54.1 Å². The lowest BCUT2D eigenvalue weighted by Crippen LogP contribution is -2.31. The van der Waals surface area contributed by atoms with Gasteiger partial charge in [0.1, 0.15) is 0 Å². The number of hydrogen-bond donors (Lipinski definition) is 1. The van der Waals surface area contributed by atoms with Crippen LogP contribution in [0, 0.1) is 36.5 Å². The molecule has 156 valence electrons. The molecule has 0 aliphatic heterocycles. The number of hydrogen-bond acceptors (Lipinski definition) is 4. The molecule has 3 rings (SSSR count). The summed E-state index contributed by atoms with van der Waals surface area (Å²) < 4.78 is 0. The van der Waals surface area contributed by atoms with E-state index < -0.39 is 0 Å². The van der Waals surface area contributed by atoms with Crippen molar-refractivity contribution < 1.29 is 0 Å². The molecule has 0 saturated carbocycles. The molecule has 0 atom stereocenters. The van der Waals surface area contributed by atoms with Crippen molar-refractivity contribution in [2.45, 2.75) is 33.5 Å². The van der Waals surface area contributed by atoms with Gasteiger partial charge in [-0.15, -0.1) is 0 Å². The Morgan fingerprint density at radius 3 is 2.13 bits per heavy atom. The van der Waals surface area contributed by atoms with E-state index in [2.05, 4.69) is 65.7 Å². The lowest BCUT2D eigenvalue weighted by atomic mass is 10.0. The van der Waals surface area contributed by atoms with Crippen LogP contribution in [0.15, 0.2) is 66.7 Å². The predicted molar refractivity (Wildman–Crippen MR) is 124 cm³/mol. The van der Waals surface area contributed by atoms with Gasteiger partial charge in [0, 0.05) is 32.7 Å². The van der Waals surface area contributed by atoms with E-state index in [1.807, 2.05) is 37.3 Å². The molecule has 1 N–H and O–H groups in total. The SMILES string of the molecule is Cc1ccc(CNCCN(Cc2ccc(C#N)cc2)Cc2ccc(C)cc2C#N)cc1. The Hall–Kier alpha value is -3.44. The summed E-state index contributed by atoms with van der Waals surface area (Å²) in [6.45, 7) is 8.10. The van der Waals surface area contributed by atoms with Crippen LogP contribution in [0.3, 0.4) is 0 Å². The van der Waals surface area contributed by atoms with Gasteiger partial charge >= 0.3 is 0 Å². The van der Waals surface area contributed by atoms with E-state index in [0.29, 0.717) is 12.1 Å². The smallest absolute Gasteiger partial charge is 0.0995 e. The Balaban J connectivity index is 1.66. The maximum Gasteiger partial charge on any atom is 0.0995 e. The summed E-state index contributed by atoms with van der Waals surface area (Å²) in [6.07, 6.45) is 0. The van der Waals surface area contributed by atoms with Gasteiger partial charge in [0.25, 0.3) is 0 Å². The van der Waals surface area contributed by atoms with Gasteiger partial charge in [0.15, 0.2) is 0 Å². The minimum absolute atomic E-state index is 0.667. The number of nitriles is 2. The van der Waals surface area contributed by atoms with Gasteiger partial charge in [-0.3, -0.25) is 4.90 Å². The van der Waals surface area contributed by atoms with Crippen LogP contribution < -0.4 is 5.32 Å². The van der Waals surface area contributed by atoms with E-state index in [-0.39, 0.29) is 0 Å². The van der Waals surface area contributed by atoms with E-state index in [1.54, 1.807) is 0 Å². The summed E-state index contributed by atoms with van der Waals surface area (Å²) in [4.78, 5) is 2.34. The fourth-order valence-electron chi connectivity index (χ4n) is 3.51. The Bertz CT molecular complexity index is 1070. The summed E-state index contributed by atoms with van der Waals surface area (Å²) in [5.41, 5.74) is 7.23. The van der Waals surface area contributed by atoms with Crippen LogP contribution in [0.1, 0.15) is 38.9 Å². The van der Waals surface area contributed by atoms with Crippen LogP contribution in [0.4, 0.5) is 0 Å². The molecule has 0 heterocycles. The summed E-state index contributed by atoms with van der Waals surface area (Å²) in [5.74, 6) is 0. The van der Waals surface area contributed by atoms with Crippen LogP contribution in [-0.2, 0) is 19.6 Å². The van der Waals surface area contributed by atoms with E-state index in [1.165, 1.54) is 11.1 Å². The maximum atomic E-state index is 9.55. The zero-order valence-electron chi connectivity index (χ0n) is 18.2. The lowest BCUT2D eigenvalue weighted by molar-refractivity contribution is 0.256. The van der Waals surface area contributed by atoms with Crippen LogP contribution in [0.25, 0.3) is 0 Å². The Morgan fingerprint density at radius 1 is 0.774 bits per heavy atom. The van der Waals surface area contributed by atoms with E-state index in [0.717, 1.165) is 48.4 Å². The summed E-state index contributed by atoms with van der Waals surface area (Å²) in [5, 5.41) is 22.1. The molecule has 0 aliphatic rings. The first-order valence-corrected chi connectivity index (χ1v) is 10.5. The molecule has 4 heteroatoms. The van der Waals surface area contributed by atoms with Crippen LogP contribution >= 0.6 is 0 Å². The second-order valence-electron chi connectivity index (χ2n) is 7.95. The third-order valence-electron chi connectivity index (χ3n) is 5.32. The second-order valence-corrected chi connectivity index (χ2v) is 7.95. The molecule has 0 spiro atoms. The van der Waals surface area contributed by atoms with E-state index >= 15 is 0 Å². The minimum atomic E-state index is 0.667. The standard InChI is InChI=1S/C27H28N4/c1-21-3-6-24(7-4-21)18-30-13-14-31(19-25-10-8-23(16-28)9-11-25)20-26-12-5-22(2)15-27(26)17-29/h3-12,15,30H,13-14,18-20H2,1-2H3. The van der Waals surface area contributed by atoms with Crippen molar-refractivity contribution in [3.63, 3.8) is 0 Å². The largest absolute Gasteiger partial charge is 0.311 e. The van der Waals surface area contributed by atoms with Crippen LogP contribution in [-0.4, -0.2) is 18.0 Å². The molecule has 0 unspecified atom stereocenters. The molecule has 0 amide bonds. The highest BCUT2D eigenvalue weighted by Gasteiger charge is 2.11. The highest BCUT2D eigenvalue weighted by molar-refractivity contribution is 5.40. The average molecular weight is 409 g/mol. The van der Waals surface area contributed by atoms with Crippen molar-refractivity contribution >= 4 is 0 Å². The molecule has 0 radical (unpaired) electrons. The molecule has 3 aromatic carbocycles. The monoisotopic (exact) mass is 408 g/mol. The van der Waals surface area contributed by atoms with Crippen LogP contribution in [0.5, 0.6) is 0 Å². The first kappa shape index (κ1) is 22.2. The Morgan fingerprint density at radius 2 is 1.45 bits per heavy atom. The molecular formula is C27H28N4. The van der Waals surface area contributed by atoms with Crippen molar-refractivity contribution in [2.75, 3.05) is 13.1 Å². The first-order chi connectivity index (χ1) is 15.1. The average Bonchev–Trinajstić information content (AvgIpc) is 2.79. The van der Waals surface area contributed by atoms with Crippen molar-refractivity contribution in [2.24, 2.45) is 0 Å². The zero-order chi connectivity index (χ0) is 22.1. The maximum absolute atomic E-state index is 9.55. The quantitative estimate of drug-likeness (QED) is 0.515. The number of nitrogens with one attached hydrogen (secondary N) is 1. The van der Waals surface area contributed by atoms with Crippen LogP contribution in [0.2, 0.25) is 0 Å². The lowest BCUT2D eigenvalue weighted by Gasteiger charge is -2.23. The molecular weight excluding hydrogens is 380 g/mol. The summed E-state index contributed by atoms with van der Waals surface area (Å²) in [6, 6.07) is 26.9. The molecule has 31 heavy (non-hydrogen) atoms. The number of nitrogens with zero attached hydrogens (tertiary/aromatic N) is 3. The third-order valence-corrected chi connectivity index (χ3v) is 5.32. The van der Waals surface area contributed by atoms with Gasteiger partial charge < -0.3 is 5.32 Å². The first-order valence-electron chi connectivity index (χ1n) is 10.5. The Labute approximate surface area is 185 Å². The predicted octanol–water partition coefficient (Wildman–Crippen LogP) is 4.84. The van der Waals surface area contributed by atoms with Crippen molar-refractivity contribution in [1.29, 1.82) is 10.5 Å². The highest BCUT2D eigenvalue weighted by atomic mass is 15.1. The molecule has 0 saturated heterocycles. The zero-order valence-corrected chi connectivity index (χ0v) is 18.2. The van der Waals surface area contributed by atoms with E-state index in [4.69, 9.17) is 5.26 Å². The van der Waals surface area contributed by atoms with Gasteiger partial charge in [-0.05, 0) is 54.3 Å². The van der Waals surface area contributed by atoms with Gasteiger partial charge in [-0.2, -0.15) is 10.5 Å². The normalized spacial score (nSPS) is 10.6. The molecule has 0 bridgehead atoms. The van der Waals surface area contributed by atoms with Crippen molar-refractivity contribution in [3.8, 4) is 12.1 Å². The third kappa shape index (κ3) is 6.79. The van der Waals surface area contributed by atoms with Crippen molar-refractivity contribution in [1.82, 2.24) is 10.2 Å². The number of aryl methyl sites for hydroxylation is 2. The van der Waals surface area contributed by atoms with Crippen molar-refractivity contribution in [3.05, 3.63) is 106 Å². The second kappa shape index (κ2) is 11.1. The fourth-order valence-corrected chi connectivity index (χ4v) is 3.51. The molecule has 0 fully saturated rings. The van der Waals surface area contributed by atoms with E-state index in [9.17, 15) is 5.26 Å². The highest BCUT2D eigenvalue weighted by Crippen LogP contribution is 2.16.